The molecular formula is C30H36N4O5S2. The van der Waals surface area contributed by atoms with E-state index in [1.54, 1.807) is 44.4 Å². The Morgan fingerprint density at radius 2 is 1.51 bits per heavy atom. The number of likely N-dealkylation sites (N-methyl/N-ethyl adjacent to an activating group) is 1. The van der Waals surface area contributed by atoms with E-state index in [4.69, 9.17) is 14.5 Å². The molecule has 0 aliphatic rings. The summed E-state index contributed by atoms with van der Waals surface area (Å²) in [5.74, 6) is 0.972. The Kier molecular flexibility index (Phi) is 9.98. The molecule has 0 atom stereocenters. The zero-order valence-electron chi connectivity index (χ0n) is 24.0. The van der Waals surface area contributed by atoms with E-state index >= 15 is 0 Å². The zero-order chi connectivity index (χ0) is 29.6. The number of ether oxygens (including phenoxy) is 2. The number of methoxy groups -OCH3 is 2. The molecule has 0 unspecified atom stereocenters. The lowest BCUT2D eigenvalue weighted by atomic mass is 10.2. The number of rotatable bonds is 13. The van der Waals surface area contributed by atoms with Gasteiger partial charge in [0, 0.05) is 32.2 Å². The fourth-order valence-electron chi connectivity index (χ4n) is 4.49. The molecule has 0 radical (unpaired) electrons. The standard InChI is InChI=1S/C30H36N4O5S2/c1-6-33(7-2)19-20-34(30-31-27-25(38-4)17-18-26(39-5)28(27)40-30)29(35)23-13-15-24(16-14-23)41(36,37)32(3)21-22-11-9-8-10-12-22/h8-18H,6-7,19-21H2,1-5H3. The van der Waals surface area contributed by atoms with Crippen molar-refractivity contribution in [1.29, 1.82) is 0 Å². The van der Waals surface area contributed by atoms with Crippen LogP contribution in [0.5, 0.6) is 11.5 Å². The maximum atomic E-state index is 13.9. The molecule has 4 rings (SSSR count). The molecule has 1 amide bonds. The Bertz CT molecular complexity index is 1530. The number of sulfonamides is 1. The maximum Gasteiger partial charge on any atom is 0.260 e. The molecule has 9 nitrogen and oxygen atoms in total. The number of fused-ring (bicyclic) bond motifs is 1. The van der Waals surface area contributed by atoms with Crippen LogP contribution in [0.25, 0.3) is 10.2 Å². The number of benzene rings is 3. The van der Waals surface area contributed by atoms with Gasteiger partial charge in [-0.2, -0.15) is 4.31 Å². The van der Waals surface area contributed by atoms with Gasteiger partial charge < -0.3 is 14.4 Å². The van der Waals surface area contributed by atoms with Crippen molar-refractivity contribution in [2.45, 2.75) is 25.3 Å². The average Bonchev–Trinajstić information content (AvgIpc) is 3.44. The van der Waals surface area contributed by atoms with Crippen molar-refractivity contribution in [2.24, 2.45) is 0 Å². The van der Waals surface area contributed by atoms with Crippen molar-refractivity contribution in [3.05, 3.63) is 77.9 Å². The van der Waals surface area contributed by atoms with Crippen LogP contribution in [-0.2, 0) is 16.6 Å². The lowest BCUT2D eigenvalue weighted by Crippen LogP contribution is -2.38. The molecule has 0 N–H and O–H groups in total. The van der Waals surface area contributed by atoms with Gasteiger partial charge in [-0.15, -0.1) is 0 Å². The summed E-state index contributed by atoms with van der Waals surface area (Å²) in [4.78, 5) is 22.7. The van der Waals surface area contributed by atoms with Crippen molar-refractivity contribution in [1.82, 2.24) is 14.2 Å². The summed E-state index contributed by atoms with van der Waals surface area (Å²) in [6, 6.07) is 19.1. The molecular weight excluding hydrogens is 560 g/mol. The summed E-state index contributed by atoms with van der Waals surface area (Å²) in [5.41, 5.74) is 1.88. The summed E-state index contributed by atoms with van der Waals surface area (Å²) >= 11 is 1.36. The summed E-state index contributed by atoms with van der Waals surface area (Å²) in [7, 11) is 0.972. The van der Waals surface area contributed by atoms with E-state index in [9.17, 15) is 13.2 Å². The van der Waals surface area contributed by atoms with Gasteiger partial charge in [0.25, 0.3) is 5.91 Å². The third-order valence-corrected chi connectivity index (χ3v) is 9.88. The Morgan fingerprint density at radius 1 is 0.878 bits per heavy atom. The van der Waals surface area contributed by atoms with Crippen LogP contribution in [0.2, 0.25) is 0 Å². The molecule has 41 heavy (non-hydrogen) atoms. The minimum Gasteiger partial charge on any atom is -0.495 e. The predicted octanol–water partition coefficient (Wildman–Crippen LogP) is 5.12. The fraction of sp³-hybridized carbons (Fsp3) is 0.333. The van der Waals surface area contributed by atoms with E-state index in [1.165, 1.54) is 27.8 Å². The van der Waals surface area contributed by atoms with Crippen LogP contribution in [0, 0.1) is 0 Å². The highest BCUT2D eigenvalue weighted by Gasteiger charge is 2.26. The first-order valence-corrected chi connectivity index (χ1v) is 15.6. The van der Waals surface area contributed by atoms with Gasteiger partial charge in [0.2, 0.25) is 10.0 Å². The topological polar surface area (TPSA) is 92.3 Å². The zero-order valence-corrected chi connectivity index (χ0v) is 25.7. The number of hydrogen-bond donors (Lipinski definition) is 0. The second-order valence-electron chi connectivity index (χ2n) is 9.40. The maximum absolute atomic E-state index is 13.9. The predicted molar refractivity (Wildman–Crippen MR) is 164 cm³/mol. The van der Waals surface area contributed by atoms with Gasteiger partial charge >= 0.3 is 0 Å². The smallest absolute Gasteiger partial charge is 0.260 e. The second-order valence-corrected chi connectivity index (χ2v) is 12.4. The second kappa shape index (κ2) is 13.4. The van der Waals surface area contributed by atoms with Crippen molar-refractivity contribution >= 4 is 42.6 Å². The number of aromatic nitrogens is 1. The molecule has 0 aliphatic heterocycles. The number of hydrogen-bond acceptors (Lipinski definition) is 8. The van der Waals surface area contributed by atoms with Crippen LogP contribution in [0.3, 0.4) is 0 Å². The molecule has 0 aliphatic carbocycles. The molecule has 4 aromatic rings. The quantitative estimate of drug-likeness (QED) is 0.212. The average molecular weight is 597 g/mol. The van der Waals surface area contributed by atoms with Gasteiger partial charge in [0.05, 0.1) is 19.1 Å². The molecule has 0 spiro atoms. The Morgan fingerprint density at radius 3 is 2.12 bits per heavy atom. The SMILES string of the molecule is CCN(CC)CCN(C(=O)c1ccc(S(=O)(=O)N(C)Cc2ccccc2)cc1)c1nc2c(OC)ccc(OC)c2s1. The minimum atomic E-state index is -3.75. The van der Waals surface area contributed by atoms with Crippen molar-refractivity contribution < 1.29 is 22.7 Å². The monoisotopic (exact) mass is 596 g/mol. The van der Waals surface area contributed by atoms with Crippen LogP contribution >= 0.6 is 11.3 Å². The van der Waals surface area contributed by atoms with Gasteiger partial charge in [-0.3, -0.25) is 9.69 Å². The molecule has 0 saturated heterocycles. The first kappa shape index (κ1) is 30.4. The first-order chi connectivity index (χ1) is 19.7. The molecule has 11 heteroatoms. The number of anilines is 1. The van der Waals surface area contributed by atoms with E-state index in [-0.39, 0.29) is 17.3 Å². The van der Waals surface area contributed by atoms with Crippen molar-refractivity contribution in [3.8, 4) is 11.5 Å². The summed E-state index contributed by atoms with van der Waals surface area (Å²) < 4.78 is 39.6. The van der Waals surface area contributed by atoms with Gasteiger partial charge in [-0.05, 0) is 55.1 Å². The summed E-state index contributed by atoms with van der Waals surface area (Å²) in [6.07, 6.45) is 0. The van der Waals surface area contributed by atoms with Gasteiger partial charge in [0.15, 0.2) is 5.13 Å². The van der Waals surface area contributed by atoms with Crippen LogP contribution in [0.15, 0.2) is 71.6 Å². The number of nitrogens with zero attached hydrogens (tertiary/aromatic N) is 4. The van der Waals surface area contributed by atoms with E-state index in [2.05, 4.69) is 18.7 Å². The van der Waals surface area contributed by atoms with Gasteiger partial charge in [-0.1, -0.05) is 55.5 Å². The molecule has 1 heterocycles. The summed E-state index contributed by atoms with van der Waals surface area (Å²) in [6.45, 7) is 7.16. The lowest BCUT2D eigenvalue weighted by Gasteiger charge is -2.25. The summed E-state index contributed by atoms with van der Waals surface area (Å²) in [5, 5.41) is 0.513. The van der Waals surface area contributed by atoms with Gasteiger partial charge in [-0.25, -0.2) is 13.4 Å². The van der Waals surface area contributed by atoms with Crippen LogP contribution in [-0.4, -0.2) is 76.0 Å². The third-order valence-electron chi connectivity index (χ3n) is 6.97. The van der Waals surface area contributed by atoms with Crippen LogP contribution in [0.1, 0.15) is 29.8 Å². The highest BCUT2D eigenvalue weighted by atomic mass is 32.2. The normalized spacial score (nSPS) is 11.8. The number of amides is 1. The van der Waals surface area contributed by atoms with Crippen LogP contribution < -0.4 is 14.4 Å². The molecule has 218 valence electrons. The molecule has 0 fully saturated rings. The first-order valence-electron chi connectivity index (χ1n) is 13.4. The lowest BCUT2D eigenvalue weighted by molar-refractivity contribution is 0.0983. The van der Waals surface area contributed by atoms with E-state index in [0.717, 1.165) is 23.4 Å². The number of carbonyl (C=O) groups excluding carboxylic acids is 1. The highest BCUT2D eigenvalue weighted by Crippen LogP contribution is 2.40. The van der Waals surface area contributed by atoms with E-state index in [1.807, 2.05) is 36.4 Å². The van der Waals surface area contributed by atoms with Crippen molar-refractivity contribution in [2.75, 3.05) is 52.3 Å². The fourth-order valence-corrected chi connectivity index (χ4v) is 6.74. The number of thiazole rings is 1. The Hall–Kier alpha value is -3.51. The largest absolute Gasteiger partial charge is 0.495 e. The van der Waals surface area contributed by atoms with E-state index in [0.29, 0.717) is 40.8 Å². The highest BCUT2D eigenvalue weighted by molar-refractivity contribution is 7.89. The molecule has 3 aromatic carbocycles. The van der Waals surface area contributed by atoms with Crippen LogP contribution in [0.4, 0.5) is 5.13 Å². The minimum absolute atomic E-state index is 0.122. The molecule has 0 saturated carbocycles. The Labute approximate surface area is 246 Å². The molecule has 1 aromatic heterocycles. The number of carbonyl (C=O) groups is 1. The molecule has 0 bridgehead atoms. The third kappa shape index (κ3) is 6.70. The van der Waals surface area contributed by atoms with Gasteiger partial charge in [0.1, 0.15) is 21.7 Å². The Balaban J connectivity index is 1.65. The van der Waals surface area contributed by atoms with Crippen molar-refractivity contribution in [3.63, 3.8) is 0 Å². The van der Waals surface area contributed by atoms with E-state index < -0.39 is 10.0 Å².